The van der Waals surface area contributed by atoms with Gasteiger partial charge in [0.1, 0.15) is 5.69 Å². The van der Waals surface area contributed by atoms with Gasteiger partial charge in [-0.05, 0) is 25.3 Å². The molecule has 2 amide bonds. The fourth-order valence-corrected chi connectivity index (χ4v) is 4.74. The summed E-state index contributed by atoms with van der Waals surface area (Å²) in [5.41, 5.74) is 0.967. The molecule has 30 heavy (non-hydrogen) atoms. The summed E-state index contributed by atoms with van der Waals surface area (Å²) in [7, 11) is 5.02. The van der Waals surface area contributed by atoms with Gasteiger partial charge < -0.3 is 23.8 Å². The summed E-state index contributed by atoms with van der Waals surface area (Å²) in [6, 6.07) is 5.72. The van der Waals surface area contributed by atoms with Crippen LogP contribution in [-0.4, -0.2) is 65.0 Å². The Balaban J connectivity index is 1.52. The summed E-state index contributed by atoms with van der Waals surface area (Å²) in [6.07, 6.45) is 5.63. The number of aryl methyl sites for hydroxylation is 1. The first-order valence-electron chi connectivity index (χ1n) is 10.2. The molecule has 2 fully saturated rings. The van der Waals surface area contributed by atoms with Crippen LogP contribution in [0.1, 0.15) is 35.3 Å². The molecular weight excluding hydrogens is 384 g/mol. The van der Waals surface area contributed by atoms with Crippen LogP contribution in [0.3, 0.4) is 0 Å². The second-order valence-electron chi connectivity index (χ2n) is 8.13. The summed E-state index contributed by atoms with van der Waals surface area (Å²) in [4.78, 5) is 34.2. The van der Waals surface area contributed by atoms with Gasteiger partial charge in [0.25, 0.3) is 5.91 Å². The molecule has 2 aromatic rings. The van der Waals surface area contributed by atoms with Crippen molar-refractivity contribution < 1.29 is 19.1 Å². The number of rotatable bonds is 5. The Morgan fingerprint density at radius 1 is 1.20 bits per heavy atom. The first kappa shape index (κ1) is 20.3. The van der Waals surface area contributed by atoms with E-state index >= 15 is 0 Å². The minimum absolute atomic E-state index is 0.0636. The van der Waals surface area contributed by atoms with Gasteiger partial charge in [0.2, 0.25) is 5.91 Å². The van der Waals surface area contributed by atoms with Gasteiger partial charge in [-0.25, -0.2) is 4.98 Å². The highest BCUT2D eigenvalue weighted by Crippen LogP contribution is 2.41. The molecule has 3 heterocycles. The number of hydrogen-bond acceptors (Lipinski definition) is 5. The summed E-state index contributed by atoms with van der Waals surface area (Å²) in [5, 5.41) is 0. The summed E-state index contributed by atoms with van der Waals surface area (Å²) >= 11 is 0. The van der Waals surface area contributed by atoms with E-state index in [2.05, 4.69) is 4.98 Å². The molecule has 0 saturated carbocycles. The molecule has 8 nitrogen and oxygen atoms in total. The number of methoxy groups -OCH3 is 2. The molecule has 0 bridgehead atoms. The van der Waals surface area contributed by atoms with E-state index in [1.807, 2.05) is 23.1 Å². The molecule has 0 radical (unpaired) electrons. The third-order valence-electron chi connectivity index (χ3n) is 6.35. The van der Waals surface area contributed by atoms with Crippen LogP contribution in [-0.2, 0) is 18.4 Å². The Morgan fingerprint density at radius 3 is 2.73 bits per heavy atom. The van der Waals surface area contributed by atoms with E-state index in [1.54, 1.807) is 43.3 Å². The molecule has 2 aliphatic rings. The SMILES string of the molecule is COc1cccc(CN2CCCC3(CCN(C(=O)c4cncn4C)C3)C2=O)c1OC. The van der Waals surface area contributed by atoms with E-state index in [9.17, 15) is 9.59 Å². The molecule has 1 aromatic carbocycles. The first-order valence-corrected chi connectivity index (χ1v) is 10.2. The lowest BCUT2D eigenvalue weighted by Crippen LogP contribution is -2.50. The third kappa shape index (κ3) is 3.40. The number of amides is 2. The zero-order chi connectivity index (χ0) is 21.3. The number of aromatic nitrogens is 2. The van der Waals surface area contributed by atoms with Crippen LogP contribution in [0, 0.1) is 5.41 Å². The number of para-hydroxylation sites is 1. The van der Waals surface area contributed by atoms with Crippen LogP contribution < -0.4 is 9.47 Å². The maximum Gasteiger partial charge on any atom is 0.272 e. The molecule has 2 aliphatic heterocycles. The smallest absolute Gasteiger partial charge is 0.272 e. The minimum Gasteiger partial charge on any atom is -0.493 e. The van der Waals surface area contributed by atoms with Crippen molar-refractivity contribution in [2.75, 3.05) is 33.9 Å². The standard InChI is InChI=1S/C22H28N4O4/c1-24-15-23-12-17(24)20(27)26-11-9-22(14-26)8-5-10-25(21(22)28)13-16-6-4-7-18(29-2)19(16)30-3/h4,6-7,12,15H,5,8-11,13-14H2,1-3H3. The number of carbonyl (C=O) groups excluding carboxylic acids is 2. The van der Waals surface area contributed by atoms with Crippen LogP contribution in [0.2, 0.25) is 0 Å². The molecule has 1 spiro atoms. The van der Waals surface area contributed by atoms with Crippen molar-refractivity contribution in [3.8, 4) is 11.5 Å². The molecule has 4 rings (SSSR count). The normalized spacial score (nSPS) is 21.4. The van der Waals surface area contributed by atoms with Crippen molar-refractivity contribution >= 4 is 11.8 Å². The van der Waals surface area contributed by atoms with Gasteiger partial charge in [-0.3, -0.25) is 9.59 Å². The summed E-state index contributed by atoms with van der Waals surface area (Å²) < 4.78 is 12.6. The highest BCUT2D eigenvalue weighted by molar-refractivity contribution is 5.94. The number of likely N-dealkylation sites (tertiary alicyclic amines) is 2. The Kier molecular flexibility index (Phi) is 5.40. The highest BCUT2D eigenvalue weighted by Gasteiger charge is 2.49. The lowest BCUT2D eigenvalue weighted by atomic mass is 9.78. The maximum atomic E-state index is 13.5. The number of hydrogen-bond donors (Lipinski definition) is 0. The molecule has 1 atom stereocenters. The van der Waals surface area contributed by atoms with E-state index in [0.29, 0.717) is 49.8 Å². The van der Waals surface area contributed by atoms with Crippen molar-refractivity contribution in [2.24, 2.45) is 12.5 Å². The molecule has 8 heteroatoms. The third-order valence-corrected chi connectivity index (χ3v) is 6.35. The van der Waals surface area contributed by atoms with Crippen molar-refractivity contribution in [1.82, 2.24) is 19.4 Å². The van der Waals surface area contributed by atoms with Crippen molar-refractivity contribution in [2.45, 2.75) is 25.8 Å². The average molecular weight is 412 g/mol. The van der Waals surface area contributed by atoms with Crippen molar-refractivity contribution in [3.63, 3.8) is 0 Å². The van der Waals surface area contributed by atoms with Crippen LogP contribution in [0.15, 0.2) is 30.7 Å². The predicted molar refractivity (Wildman–Crippen MR) is 110 cm³/mol. The number of benzene rings is 1. The lowest BCUT2D eigenvalue weighted by molar-refractivity contribution is -0.146. The van der Waals surface area contributed by atoms with Crippen LogP contribution in [0.25, 0.3) is 0 Å². The van der Waals surface area contributed by atoms with E-state index in [1.165, 1.54) is 0 Å². The predicted octanol–water partition coefficient (Wildman–Crippen LogP) is 2.09. The quantitative estimate of drug-likeness (QED) is 0.752. The Labute approximate surface area is 176 Å². The molecule has 1 aromatic heterocycles. The van der Waals surface area contributed by atoms with Crippen molar-refractivity contribution in [3.05, 3.63) is 42.0 Å². The highest BCUT2D eigenvalue weighted by atomic mass is 16.5. The van der Waals surface area contributed by atoms with Gasteiger partial charge in [0.05, 0.1) is 32.2 Å². The number of carbonyl (C=O) groups is 2. The lowest BCUT2D eigenvalue weighted by Gasteiger charge is -2.39. The number of imidazole rings is 1. The van der Waals surface area contributed by atoms with Gasteiger partial charge in [0, 0.05) is 38.8 Å². The minimum atomic E-state index is -0.501. The fourth-order valence-electron chi connectivity index (χ4n) is 4.74. The topological polar surface area (TPSA) is 76.9 Å². The fraction of sp³-hybridized carbons (Fsp3) is 0.500. The molecule has 2 saturated heterocycles. The molecular formula is C22H28N4O4. The number of piperidine rings is 1. The summed E-state index contributed by atoms with van der Waals surface area (Å²) in [5.74, 6) is 1.38. The van der Waals surface area contributed by atoms with Crippen molar-refractivity contribution in [1.29, 1.82) is 0 Å². The van der Waals surface area contributed by atoms with Gasteiger partial charge >= 0.3 is 0 Å². The van der Waals surface area contributed by atoms with Gasteiger partial charge in [-0.15, -0.1) is 0 Å². The zero-order valence-corrected chi connectivity index (χ0v) is 17.8. The number of ether oxygens (including phenoxy) is 2. The Bertz CT molecular complexity index is 956. The monoisotopic (exact) mass is 412 g/mol. The largest absolute Gasteiger partial charge is 0.493 e. The molecule has 0 aliphatic carbocycles. The van der Waals surface area contributed by atoms with Gasteiger partial charge in [-0.2, -0.15) is 0 Å². The van der Waals surface area contributed by atoms with E-state index in [4.69, 9.17) is 9.47 Å². The Hall–Kier alpha value is -3.03. The van der Waals surface area contributed by atoms with E-state index < -0.39 is 5.41 Å². The van der Waals surface area contributed by atoms with Gasteiger partial charge in [-0.1, -0.05) is 12.1 Å². The van der Waals surface area contributed by atoms with Crippen LogP contribution >= 0.6 is 0 Å². The van der Waals surface area contributed by atoms with Crippen LogP contribution in [0.5, 0.6) is 11.5 Å². The molecule has 1 unspecified atom stereocenters. The van der Waals surface area contributed by atoms with Crippen LogP contribution in [0.4, 0.5) is 0 Å². The maximum absolute atomic E-state index is 13.5. The molecule has 160 valence electrons. The van der Waals surface area contributed by atoms with E-state index in [0.717, 1.165) is 18.4 Å². The molecule has 0 N–H and O–H groups in total. The summed E-state index contributed by atoms with van der Waals surface area (Å²) in [6.45, 7) is 2.22. The zero-order valence-electron chi connectivity index (χ0n) is 17.8. The second kappa shape index (κ2) is 8.01. The Morgan fingerprint density at radius 2 is 2.03 bits per heavy atom. The first-order chi connectivity index (χ1) is 14.5. The average Bonchev–Trinajstić information content (AvgIpc) is 3.38. The van der Waals surface area contributed by atoms with E-state index in [-0.39, 0.29) is 11.8 Å². The van der Waals surface area contributed by atoms with Gasteiger partial charge in [0.15, 0.2) is 11.5 Å². The number of nitrogens with zero attached hydrogens (tertiary/aromatic N) is 4. The second-order valence-corrected chi connectivity index (χ2v) is 8.13.